The third-order valence-corrected chi connectivity index (χ3v) is 5.44. The summed E-state index contributed by atoms with van der Waals surface area (Å²) in [7, 11) is -3.51. The molecule has 2 heterocycles. The van der Waals surface area contributed by atoms with Crippen molar-refractivity contribution < 1.29 is 12.9 Å². The Morgan fingerprint density at radius 3 is 2.89 bits per heavy atom. The lowest BCUT2D eigenvalue weighted by Crippen LogP contribution is -2.22. The molecule has 19 heavy (non-hydrogen) atoms. The summed E-state index contributed by atoms with van der Waals surface area (Å²) in [5.41, 5.74) is 6.16. The molecule has 3 N–H and O–H groups in total. The highest BCUT2D eigenvalue weighted by molar-refractivity contribution is 7.91. The number of aryl methyl sites for hydroxylation is 1. The quantitative estimate of drug-likeness (QED) is 0.830. The number of sulfonamides is 1. The Morgan fingerprint density at radius 2 is 2.26 bits per heavy atom. The van der Waals surface area contributed by atoms with Gasteiger partial charge >= 0.3 is 0 Å². The van der Waals surface area contributed by atoms with Crippen LogP contribution in [0.15, 0.2) is 26.9 Å². The molecule has 0 saturated heterocycles. The van der Waals surface area contributed by atoms with Crippen LogP contribution in [0.3, 0.4) is 0 Å². The van der Waals surface area contributed by atoms with Gasteiger partial charge in [-0.1, -0.05) is 5.16 Å². The summed E-state index contributed by atoms with van der Waals surface area (Å²) in [6.07, 6.45) is 0.682. The Kier molecular flexibility index (Phi) is 4.35. The molecule has 0 aromatic carbocycles. The molecule has 0 atom stereocenters. The van der Waals surface area contributed by atoms with Crippen LogP contribution in [0.4, 0.5) is 0 Å². The zero-order valence-electron chi connectivity index (χ0n) is 10.4. The number of thiophene rings is 1. The van der Waals surface area contributed by atoms with Gasteiger partial charge in [0.2, 0.25) is 10.0 Å². The lowest BCUT2D eigenvalue weighted by Gasteiger charge is -2.01. The van der Waals surface area contributed by atoms with Crippen LogP contribution in [0.1, 0.15) is 16.3 Å². The molecule has 0 unspecified atom stereocenters. The van der Waals surface area contributed by atoms with E-state index in [0.717, 1.165) is 10.6 Å². The van der Waals surface area contributed by atoms with Gasteiger partial charge in [-0.25, -0.2) is 13.1 Å². The maximum atomic E-state index is 12.0. The van der Waals surface area contributed by atoms with Gasteiger partial charge in [-0.2, -0.15) is 0 Å². The first kappa shape index (κ1) is 14.2. The smallest absolute Gasteiger partial charge is 0.250 e. The van der Waals surface area contributed by atoms with Crippen molar-refractivity contribution in [2.24, 2.45) is 5.73 Å². The molecule has 0 aliphatic carbocycles. The van der Waals surface area contributed by atoms with Crippen LogP contribution in [-0.4, -0.2) is 20.1 Å². The molecule has 0 fully saturated rings. The second kappa shape index (κ2) is 5.83. The molecule has 8 heteroatoms. The standard InChI is InChI=1S/C11H15N3O3S2/c1-8-6-9(17-14-8)7-13-19(15,16)11-3-2-10(18-11)4-5-12/h2-3,6,13H,4-5,7,12H2,1H3. The number of hydrogen-bond donors (Lipinski definition) is 2. The number of nitrogens with one attached hydrogen (secondary N) is 1. The summed E-state index contributed by atoms with van der Waals surface area (Å²) >= 11 is 1.23. The van der Waals surface area contributed by atoms with Gasteiger partial charge in [0.1, 0.15) is 4.21 Å². The van der Waals surface area contributed by atoms with Crippen LogP contribution in [0.2, 0.25) is 0 Å². The van der Waals surface area contributed by atoms with Crippen molar-refractivity contribution in [3.8, 4) is 0 Å². The normalized spacial score (nSPS) is 11.9. The molecule has 2 aromatic heterocycles. The summed E-state index contributed by atoms with van der Waals surface area (Å²) in [6, 6.07) is 5.06. The Morgan fingerprint density at radius 1 is 1.47 bits per heavy atom. The van der Waals surface area contributed by atoms with Crippen LogP contribution in [0.5, 0.6) is 0 Å². The Bertz CT molecular complexity index is 646. The summed E-state index contributed by atoms with van der Waals surface area (Å²) in [5.74, 6) is 0.486. The Labute approximate surface area is 115 Å². The lowest BCUT2D eigenvalue weighted by atomic mass is 10.3. The SMILES string of the molecule is Cc1cc(CNS(=O)(=O)c2ccc(CCN)s2)on1. The maximum absolute atomic E-state index is 12.0. The Balaban J connectivity index is 2.04. The largest absolute Gasteiger partial charge is 0.360 e. The fourth-order valence-corrected chi connectivity index (χ4v) is 3.93. The van der Waals surface area contributed by atoms with Crippen LogP contribution in [0.25, 0.3) is 0 Å². The summed E-state index contributed by atoms with van der Waals surface area (Å²) in [4.78, 5) is 0.957. The van der Waals surface area contributed by atoms with Gasteiger partial charge in [-0.05, 0) is 32.0 Å². The molecular weight excluding hydrogens is 286 g/mol. The number of nitrogens with zero attached hydrogens (tertiary/aromatic N) is 1. The van der Waals surface area contributed by atoms with E-state index in [1.165, 1.54) is 11.3 Å². The second-order valence-corrected chi connectivity index (χ2v) is 7.18. The molecule has 0 aliphatic rings. The van der Waals surface area contributed by atoms with E-state index in [0.29, 0.717) is 18.7 Å². The molecule has 0 aliphatic heterocycles. The van der Waals surface area contributed by atoms with Crippen molar-refractivity contribution in [1.29, 1.82) is 0 Å². The predicted octanol–water partition coefficient (Wildman–Crippen LogP) is 1.02. The van der Waals surface area contributed by atoms with Crippen molar-refractivity contribution in [3.05, 3.63) is 34.5 Å². The van der Waals surface area contributed by atoms with E-state index in [1.54, 1.807) is 25.1 Å². The van der Waals surface area contributed by atoms with Crippen LogP contribution in [0, 0.1) is 6.92 Å². The number of nitrogens with two attached hydrogens (primary N) is 1. The third-order valence-electron chi connectivity index (χ3n) is 2.41. The van der Waals surface area contributed by atoms with Crippen molar-refractivity contribution in [2.75, 3.05) is 6.54 Å². The van der Waals surface area contributed by atoms with Gasteiger partial charge in [-0.3, -0.25) is 0 Å². The molecule has 104 valence electrons. The van der Waals surface area contributed by atoms with Crippen LogP contribution < -0.4 is 10.5 Å². The van der Waals surface area contributed by atoms with E-state index in [-0.39, 0.29) is 10.8 Å². The van der Waals surface area contributed by atoms with Crippen molar-refractivity contribution >= 4 is 21.4 Å². The van der Waals surface area contributed by atoms with E-state index < -0.39 is 10.0 Å². The van der Waals surface area contributed by atoms with Crippen molar-refractivity contribution in [1.82, 2.24) is 9.88 Å². The van der Waals surface area contributed by atoms with E-state index in [9.17, 15) is 8.42 Å². The highest BCUT2D eigenvalue weighted by Crippen LogP contribution is 2.21. The molecule has 0 spiro atoms. The van der Waals surface area contributed by atoms with Crippen molar-refractivity contribution in [2.45, 2.75) is 24.1 Å². The molecule has 0 amide bonds. The molecule has 0 saturated carbocycles. The monoisotopic (exact) mass is 301 g/mol. The minimum absolute atomic E-state index is 0.0906. The van der Waals surface area contributed by atoms with Crippen LogP contribution in [-0.2, 0) is 23.0 Å². The lowest BCUT2D eigenvalue weighted by molar-refractivity contribution is 0.377. The maximum Gasteiger partial charge on any atom is 0.250 e. The number of aromatic nitrogens is 1. The molecule has 0 bridgehead atoms. The first-order valence-electron chi connectivity index (χ1n) is 5.72. The van der Waals surface area contributed by atoms with Gasteiger partial charge in [0, 0.05) is 10.9 Å². The molecular formula is C11H15N3O3S2. The second-order valence-electron chi connectivity index (χ2n) is 4.02. The number of hydrogen-bond acceptors (Lipinski definition) is 6. The fourth-order valence-electron chi connectivity index (χ4n) is 1.52. The summed E-state index contributed by atoms with van der Waals surface area (Å²) in [6.45, 7) is 2.37. The first-order chi connectivity index (χ1) is 9.01. The zero-order chi connectivity index (χ0) is 13.9. The van der Waals surface area contributed by atoms with Gasteiger partial charge in [0.05, 0.1) is 12.2 Å². The van der Waals surface area contributed by atoms with Gasteiger partial charge < -0.3 is 10.3 Å². The van der Waals surface area contributed by atoms with Gasteiger partial charge in [0.15, 0.2) is 5.76 Å². The minimum Gasteiger partial charge on any atom is -0.360 e. The Hall–Kier alpha value is -1.22. The van der Waals surface area contributed by atoms with E-state index in [1.807, 2.05) is 0 Å². The average molecular weight is 301 g/mol. The van der Waals surface area contributed by atoms with Gasteiger partial charge in [-0.15, -0.1) is 11.3 Å². The highest BCUT2D eigenvalue weighted by atomic mass is 32.2. The van der Waals surface area contributed by atoms with Gasteiger partial charge in [0.25, 0.3) is 0 Å². The molecule has 2 rings (SSSR count). The van der Waals surface area contributed by atoms with Crippen LogP contribution >= 0.6 is 11.3 Å². The van der Waals surface area contributed by atoms with E-state index >= 15 is 0 Å². The topological polar surface area (TPSA) is 98.2 Å². The minimum atomic E-state index is -3.51. The van der Waals surface area contributed by atoms with Crippen molar-refractivity contribution in [3.63, 3.8) is 0 Å². The van der Waals surface area contributed by atoms with E-state index in [4.69, 9.17) is 10.3 Å². The molecule has 0 radical (unpaired) electrons. The third kappa shape index (κ3) is 3.63. The molecule has 2 aromatic rings. The summed E-state index contributed by atoms with van der Waals surface area (Å²) in [5, 5.41) is 3.70. The summed E-state index contributed by atoms with van der Waals surface area (Å²) < 4.78 is 31.8. The molecule has 6 nitrogen and oxygen atoms in total. The fraction of sp³-hybridized carbons (Fsp3) is 0.364. The predicted molar refractivity (Wildman–Crippen MR) is 72.3 cm³/mol. The zero-order valence-corrected chi connectivity index (χ0v) is 12.1. The first-order valence-corrected chi connectivity index (χ1v) is 8.02. The average Bonchev–Trinajstić information content (AvgIpc) is 2.97. The highest BCUT2D eigenvalue weighted by Gasteiger charge is 2.17. The van der Waals surface area contributed by atoms with E-state index in [2.05, 4.69) is 9.88 Å². The number of rotatable bonds is 6.